The van der Waals surface area contributed by atoms with Crippen molar-refractivity contribution in [1.29, 1.82) is 0 Å². The fourth-order valence-electron chi connectivity index (χ4n) is 2.35. The number of carbonyl (C=O) groups excluding carboxylic acids is 1. The highest BCUT2D eigenvalue weighted by Gasteiger charge is 2.28. The Hall–Kier alpha value is -0.870. The molecular formula is C14H22N2OS. The van der Waals surface area contributed by atoms with E-state index in [0.29, 0.717) is 18.4 Å². The van der Waals surface area contributed by atoms with Gasteiger partial charge in [-0.2, -0.15) is 0 Å². The number of nitrogens with zero attached hydrogens (tertiary/aromatic N) is 1. The summed E-state index contributed by atoms with van der Waals surface area (Å²) in [6.45, 7) is 6.96. The van der Waals surface area contributed by atoms with Crippen molar-refractivity contribution < 1.29 is 4.79 Å². The van der Waals surface area contributed by atoms with Crippen LogP contribution in [0, 0.1) is 0 Å². The summed E-state index contributed by atoms with van der Waals surface area (Å²) in [6.07, 6.45) is 2.81. The topological polar surface area (TPSA) is 32.3 Å². The molecule has 2 heterocycles. The molecule has 0 spiro atoms. The molecule has 100 valence electrons. The molecule has 1 aromatic rings. The highest BCUT2D eigenvalue weighted by Crippen LogP contribution is 2.18. The zero-order valence-electron chi connectivity index (χ0n) is 11.2. The monoisotopic (exact) mass is 266 g/mol. The molecule has 0 aromatic carbocycles. The number of aryl methyl sites for hydroxylation is 1. The van der Waals surface area contributed by atoms with Crippen molar-refractivity contribution in [2.24, 2.45) is 0 Å². The summed E-state index contributed by atoms with van der Waals surface area (Å²) in [4.78, 5) is 16.5. The van der Waals surface area contributed by atoms with E-state index in [4.69, 9.17) is 0 Å². The second kappa shape index (κ2) is 6.34. The van der Waals surface area contributed by atoms with Crippen LogP contribution in [-0.2, 0) is 17.8 Å². The molecule has 0 saturated carbocycles. The molecule has 1 atom stereocenters. The van der Waals surface area contributed by atoms with Gasteiger partial charge in [0.1, 0.15) is 0 Å². The van der Waals surface area contributed by atoms with Gasteiger partial charge in [0.05, 0.1) is 0 Å². The fourth-order valence-corrected chi connectivity index (χ4v) is 3.26. The van der Waals surface area contributed by atoms with Crippen LogP contribution < -0.4 is 5.32 Å². The Morgan fingerprint density at radius 1 is 1.39 bits per heavy atom. The molecule has 0 bridgehead atoms. The molecule has 1 aliphatic heterocycles. The minimum atomic E-state index is 0.301. The Morgan fingerprint density at radius 2 is 2.17 bits per heavy atom. The zero-order chi connectivity index (χ0) is 13.0. The van der Waals surface area contributed by atoms with Crippen LogP contribution in [0.25, 0.3) is 0 Å². The summed E-state index contributed by atoms with van der Waals surface area (Å²) in [5.41, 5.74) is 0. The third-order valence-electron chi connectivity index (χ3n) is 3.34. The number of hydrogen-bond donors (Lipinski definition) is 1. The third-order valence-corrected chi connectivity index (χ3v) is 4.57. The van der Waals surface area contributed by atoms with E-state index in [1.165, 1.54) is 9.75 Å². The molecule has 1 aliphatic rings. The highest BCUT2D eigenvalue weighted by molar-refractivity contribution is 7.11. The number of carbonyl (C=O) groups is 1. The number of rotatable bonds is 6. The first-order valence-electron chi connectivity index (χ1n) is 6.81. The molecule has 3 nitrogen and oxygen atoms in total. The van der Waals surface area contributed by atoms with Gasteiger partial charge in [-0.25, -0.2) is 0 Å². The van der Waals surface area contributed by atoms with Gasteiger partial charge in [0.25, 0.3) is 0 Å². The number of thiophene rings is 1. The normalized spacial score (nSPS) is 19.8. The SMILES string of the molecule is CCCN1CC(NCc2ccc(CC)s2)CC1=O. The van der Waals surface area contributed by atoms with Crippen molar-refractivity contribution >= 4 is 17.2 Å². The Kier molecular flexibility index (Phi) is 4.78. The first kappa shape index (κ1) is 13.6. The van der Waals surface area contributed by atoms with Gasteiger partial charge in [-0.15, -0.1) is 11.3 Å². The lowest BCUT2D eigenvalue weighted by atomic mass is 10.2. The van der Waals surface area contributed by atoms with Crippen LogP contribution in [0.2, 0.25) is 0 Å². The van der Waals surface area contributed by atoms with Gasteiger partial charge >= 0.3 is 0 Å². The maximum Gasteiger partial charge on any atom is 0.224 e. The maximum absolute atomic E-state index is 11.7. The number of hydrogen-bond acceptors (Lipinski definition) is 3. The second-order valence-electron chi connectivity index (χ2n) is 4.84. The van der Waals surface area contributed by atoms with Gasteiger partial charge in [-0.3, -0.25) is 4.79 Å². The molecule has 1 unspecified atom stereocenters. The summed E-state index contributed by atoms with van der Waals surface area (Å²) in [5, 5.41) is 3.50. The predicted molar refractivity (Wildman–Crippen MR) is 75.8 cm³/mol. The summed E-state index contributed by atoms with van der Waals surface area (Å²) < 4.78 is 0. The molecule has 1 fully saturated rings. The van der Waals surface area contributed by atoms with E-state index in [-0.39, 0.29) is 0 Å². The first-order chi connectivity index (χ1) is 8.72. The van der Waals surface area contributed by atoms with Crippen molar-refractivity contribution in [3.8, 4) is 0 Å². The van der Waals surface area contributed by atoms with Crippen LogP contribution in [0.3, 0.4) is 0 Å². The van der Waals surface area contributed by atoms with Crippen LogP contribution in [0.1, 0.15) is 36.4 Å². The zero-order valence-corrected chi connectivity index (χ0v) is 12.1. The lowest BCUT2D eigenvalue weighted by molar-refractivity contribution is -0.127. The number of amides is 1. The molecule has 18 heavy (non-hydrogen) atoms. The summed E-state index contributed by atoms with van der Waals surface area (Å²) >= 11 is 1.87. The molecule has 2 rings (SSSR count). The molecular weight excluding hydrogens is 244 g/mol. The van der Waals surface area contributed by atoms with Crippen molar-refractivity contribution in [2.75, 3.05) is 13.1 Å². The molecule has 4 heteroatoms. The summed E-state index contributed by atoms with van der Waals surface area (Å²) in [6, 6.07) is 4.72. The summed E-state index contributed by atoms with van der Waals surface area (Å²) in [5.74, 6) is 0.301. The Bertz CT molecular complexity index is 402. The second-order valence-corrected chi connectivity index (χ2v) is 6.10. The van der Waals surface area contributed by atoms with E-state index in [1.807, 2.05) is 16.2 Å². The minimum Gasteiger partial charge on any atom is -0.341 e. The molecule has 1 N–H and O–H groups in total. The molecule has 1 aromatic heterocycles. The number of likely N-dealkylation sites (tertiary alicyclic amines) is 1. The maximum atomic E-state index is 11.7. The summed E-state index contributed by atoms with van der Waals surface area (Å²) in [7, 11) is 0. The van der Waals surface area contributed by atoms with Gasteiger partial charge in [0.2, 0.25) is 5.91 Å². The van der Waals surface area contributed by atoms with Gasteiger partial charge < -0.3 is 10.2 Å². The molecule has 0 radical (unpaired) electrons. The van der Waals surface area contributed by atoms with E-state index < -0.39 is 0 Å². The van der Waals surface area contributed by atoms with Crippen LogP contribution in [-0.4, -0.2) is 29.9 Å². The number of nitrogens with one attached hydrogen (secondary N) is 1. The van der Waals surface area contributed by atoms with E-state index in [1.54, 1.807) is 0 Å². The van der Waals surface area contributed by atoms with Gasteiger partial charge in [0, 0.05) is 41.9 Å². The van der Waals surface area contributed by atoms with Crippen LogP contribution in [0.4, 0.5) is 0 Å². The largest absolute Gasteiger partial charge is 0.341 e. The average molecular weight is 266 g/mol. The van der Waals surface area contributed by atoms with Crippen molar-refractivity contribution in [2.45, 2.75) is 45.7 Å². The fraction of sp³-hybridized carbons (Fsp3) is 0.643. The Morgan fingerprint density at radius 3 is 2.83 bits per heavy atom. The average Bonchev–Trinajstić information content (AvgIpc) is 2.95. The van der Waals surface area contributed by atoms with Gasteiger partial charge in [0.15, 0.2) is 0 Å². The van der Waals surface area contributed by atoms with Gasteiger partial charge in [-0.1, -0.05) is 13.8 Å². The van der Waals surface area contributed by atoms with Crippen LogP contribution >= 0.6 is 11.3 Å². The quantitative estimate of drug-likeness (QED) is 0.857. The smallest absolute Gasteiger partial charge is 0.224 e. The van der Waals surface area contributed by atoms with E-state index in [9.17, 15) is 4.79 Å². The molecule has 1 amide bonds. The third kappa shape index (κ3) is 3.33. The van der Waals surface area contributed by atoms with Crippen molar-refractivity contribution in [1.82, 2.24) is 10.2 Å². The van der Waals surface area contributed by atoms with E-state index in [2.05, 4.69) is 31.3 Å². The van der Waals surface area contributed by atoms with Gasteiger partial charge in [-0.05, 0) is 25.0 Å². The van der Waals surface area contributed by atoms with Crippen LogP contribution in [0.15, 0.2) is 12.1 Å². The lowest BCUT2D eigenvalue weighted by Crippen LogP contribution is -2.32. The lowest BCUT2D eigenvalue weighted by Gasteiger charge is -2.15. The molecule has 1 saturated heterocycles. The van der Waals surface area contributed by atoms with E-state index in [0.717, 1.165) is 32.5 Å². The first-order valence-corrected chi connectivity index (χ1v) is 7.63. The predicted octanol–water partition coefficient (Wildman–Crippen LogP) is 2.41. The Labute approximate surface area is 113 Å². The van der Waals surface area contributed by atoms with Crippen LogP contribution in [0.5, 0.6) is 0 Å². The van der Waals surface area contributed by atoms with Crippen molar-refractivity contribution in [3.63, 3.8) is 0 Å². The molecule has 0 aliphatic carbocycles. The van der Waals surface area contributed by atoms with Crippen molar-refractivity contribution in [3.05, 3.63) is 21.9 Å². The highest BCUT2D eigenvalue weighted by atomic mass is 32.1. The van der Waals surface area contributed by atoms with E-state index >= 15 is 0 Å². The Balaban J connectivity index is 1.79. The minimum absolute atomic E-state index is 0.301. The standard InChI is InChI=1S/C14H22N2OS/c1-3-7-16-10-11(8-14(16)17)15-9-13-6-5-12(4-2)18-13/h5-6,11,15H,3-4,7-10H2,1-2H3.